The summed E-state index contributed by atoms with van der Waals surface area (Å²) in [5.41, 5.74) is 5.26. The summed E-state index contributed by atoms with van der Waals surface area (Å²) in [5.74, 6) is -2.79. The van der Waals surface area contributed by atoms with E-state index in [1.165, 1.54) is 20.8 Å². The fourth-order valence-corrected chi connectivity index (χ4v) is 2.20. The van der Waals surface area contributed by atoms with E-state index in [-0.39, 0.29) is 0 Å². The highest BCUT2D eigenvalue weighted by Gasteiger charge is 2.37. The predicted octanol–water partition coefficient (Wildman–Crippen LogP) is 1.36. The summed E-state index contributed by atoms with van der Waals surface area (Å²) in [5, 5.41) is 19.5. The minimum atomic E-state index is -1.19. The van der Waals surface area contributed by atoms with Crippen molar-refractivity contribution in [3.05, 3.63) is 9.81 Å². The molecule has 0 aromatic rings. The molecular weight excluding hydrogens is 376 g/mol. The van der Waals surface area contributed by atoms with Crippen LogP contribution in [0.4, 0.5) is 0 Å². The van der Waals surface area contributed by atoms with Gasteiger partial charge in [-0.15, -0.1) is 9.81 Å². The van der Waals surface area contributed by atoms with E-state index in [0.717, 1.165) is 0 Å². The molecule has 0 aromatic carbocycles. The summed E-state index contributed by atoms with van der Waals surface area (Å²) in [7, 11) is 0. The van der Waals surface area contributed by atoms with Crippen molar-refractivity contribution in [1.29, 1.82) is 0 Å². The maximum Gasteiger partial charge on any atom is 0.327 e. The molecule has 0 rings (SSSR count). The lowest BCUT2D eigenvalue weighted by molar-refractivity contribution is -0.142. The van der Waals surface area contributed by atoms with E-state index in [2.05, 4.69) is 14.5 Å². The molecule has 0 saturated carbocycles. The molecule has 0 spiro atoms. The molecule has 0 aliphatic heterocycles. The van der Waals surface area contributed by atoms with E-state index in [1.807, 2.05) is 0 Å². The molecule has 13 heteroatoms. The average molecular weight is 398 g/mol. The van der Waals surface area contributed by atoms with Gasteiger partial charge in [0.05, 0.1) is 9.49 Å². The Bertz CT molecular complexity index is 514. The molecule has 144 valence electrons. The molecule has 0 aliphatic rings. The molecule has 0 fully saturated rings. The van der Waals surface area contributed by atoms with Gasteiger partial charge in [0.1, 0.15) is 12.1 Å². The molecule has 0 heterocycles. The van der Waals surface area contributed by atoms with Crippen LogP contribution in [0.25, 0.3) is 0 Å². The zero-order valence-corrected chi connectivity index (χ0v) is 16.0. The van der Waals surface area contributed by atoms with Crippen LogP contribution in [0.2, 0.25) is 0 Å². The minimum Gasteiger partial charge on any atom is -0.480 e. The summed E-state index contributed by atoms with van der Waals surface area (Å²) < 4.78 is 3.28. The second-order valence-corrected chi connectivity index (χ2v) is 8.59. The standard InChI is InChI=1S/C7H12N2O4S.C5H10N2O3S/c1-4(10)8-5(6(11)12)7(2,3)14-9-13;1-5(2,11-7-10)3(6)4(8)9/h5H,1-3H3,(H,8,10)(H,11,12);3H,6H2,1-2H3,(H,8,9)/t5-;3-/m11/s1. The summed E-state index contributed by atoms with van der Waals surface area (Å²) in [6, 6.07) is -2.21. The number of amides is 1. The molecular formula is C12H22N4O7S2. The van der Waals surface area contributed by atoms with Crippen LogP contribution in [0.15, 0.2) is 9.16 Å². The van der Waals surface area contributed by atoms with Crippen LogP contribution in [0.1, 0.15) is 34.6 Å². The Morgan fingerprint density at radius 2 is 1.36 bits per heavy atom. The van der Waals surface area contributed by atoms with Gasteiger partial charge in [-0.25, -0.2) is 4.79 Å². The summed E-state index contributed by atoms with van der Waals surface area (Å²) >= 11 is 1.22. The molecule has 0 bridgehead atoms. The number of aliphatic carboxylic acids is 2. The number of nitrogens with zero attached hydrogens (tertiary/aromatic N) is 2. The molecule has 2 atom stereocenters. The Labute approximate surface area is 153 Å². The SMILES string of the molecule is CC(=O)N[C@H](C(=O)O)C(C)(C)SN=O.CC(C)(SN=O)[C@H](N)C(=O)O. The lowest BCUT2D eigenvalue weighted by Crippen LogP contribution is -2.51. The first kappa shape index (κ1) is 25.5. The van der Waals surface area contributed by atoms with Crippen LogP contribution in [0, 0.1) is 9.81 Å². The molecule has 0 aromatic heterocycles. The smallest absolute Gasteiger partial charge is 0.327 e. The maximum absolute atomic E-state index is 10.8. The Balaban J connectivity index is 0. The van der Waals surface area contributed by atoms with Gasteiger partial charge in [-0.1, -0.05) is 0 Å². The first-order valence-corrected chi connectivity index (χ1v) is 8.27. The third kappa shape index (κ3) is 9.99. The van der Waals surface area contributed by atoms with Crippen molar-refractivity contribution in [3.63, 3.8) is 0 Å². The van der Waals surface area contributed by atoms with E-state index in [0.29, 0.717) is 23.9 Å². The Kier molecular flexibility index (Phi) is 11.2. The van der Waals surface area contributed by atoms with E-state index in [9.17, 15) is 24.2 Å². The van der Waals surface area contributed by atoms with Crippen molar-refractivity contribution in [1.82, 2.24) is 5.32 Å². The number of nitrogens with two attached hydrogens (primary N) is 1. The van der Waals surface area contributed by atoms with Gasteiger partial charge >= 0.3 is 11.9 Å². The minimum absolute atomic E-state index is 0.461. The number of hydrogen-bond acceptors (Lipinski definition) is 10. The number of rotatable bonds is 9. The number of hydrogen-bond donors (Lipinski definition) is 4. The lowest BCUT2D eigenvalue weighted by atomic mass is 10.0. The number of carboxylic acid groups (broad SMARTS) is 2. The third-order valence-corrected chi connectivity index (χ3v) is 4.43. The van der Waals surface area contributed by atoms with E-state index < -0.39 is 39.4 Å². The molecule has 0 radical (unpaired) electrons. The average Bonchev–Trinajstić information content (AvgIpc) is 2.43. The number of nitroso groups, excluding NO2 is 2. The zero-order chi connectivity index (χ0) is 20.4. The second kappa shape index (κ2) is 11.0. The van der Waals surface area contributed by atoms with Gasteiger partial charge in [0, 0.05) is 40.0 Å². The first-order valence-electron chi connectivity index (χ1n) is 6.72. The third-order valence-electron chi connectivity index (χ3n) is 2.85. The van der Waals surface area contributed by atoms with Gasteiger partial charge in [-0.3, -0.25) is 9.59 Å². The van der Waals surface area contributed by atoms with Crippen molar-refractivity contribution >= 4 is 41.7 Å². The van der Waals surface area contributed by atoms with Crippen LogP contribution in [-0.4, -0.2) is 49.6 Å². The molecule has 0 saturated heterocycles. The predicted molar refractivity (Wildman–Crippen MR) is 95.8 cm³/mol. The number of carbonyl (C=O) groups is 3. The topological polar surface area (TPSA) is 189 Å². The Morgan fingerprint density at radius 3 is 1.64 bits per heavy atom. The van der Waals surface area contributed by atoms with Crippen molar-refractivity contribution in [2.75, 3.05) is 0 Å². The van der Waals surface area contributed by atoms with Crippen LogP contribution < -0.4 is 11.1 Å². The van der Waals surface area contributed by atoms with Crippen LogP contribution in [-0.2, 0) is 14.4 Å². The molecule has 1 amide bonds. The number of nitrogens with one attached hydrogen (secondary N) is 1. The van der Waals surface area contributed by atoms with Crippen molar-refractivity contribution in [2.24, 2.45) is 14.9 Å². The second-order valence-electron chi connectivity index (χ2n) is 5.83. The Hall–Kier alpha value is -1.73. The van der Waals surface area contributed by atoms with Crippen molar-refractivity contribution < 1.29 is 24.6 Å². The van der Waals surface area contributed by atoms with Crippen LogP contribution >= 0.6 is 23.9 Å². The quantitative estimate of drug-likeness (QED) is 0.326. The van der Waals surface area contributed by atoms with Gasteiger partial charge in [0.25, 0.3) is 0 Å². The highest BCUT2D eigenvalue weighted by Crippen LogP contribution is 2.29. The summed E-state index contributed by atoms with van der Waals surface area (Å²) in [4.78, 5) is 51.7. The van der Waals surface area contributed by atoms with E-state index in [1.54, 1.807) is 13.8 Å². The van der Waals surface area contributed by atoms with Crippen molar-refractivity contribution in [2.45, 2.75) is 56.2 Å². The molecule has 5 N–H and O–H groups in total. The van der Waals surface area contributed by atoms with Crippen LogP contribution in [0.3, 0.4) is 0 Å². The zero-order valence-electron chi connectivity index (χ0n) is 14.4. The van der Waals surface area contributed by atoms with Gasteiger partial charge in [0.15, 0.2) is 0 Å². The van der Waals surface area contributed by atoms with E-state index in [4.69, 9.17) is 15.9 Å². The number of carboxylic acids is 2. The maximum atomic E-state index is 10.8. The van der Waals surface area contributed by atoms with Gasteiger partial charge in [-0.2, -0.15) is 0 Å². The molecule has 0 aliphatic carbocycles. The summed E-state index contributed by atoms with van der Waals surface area (Å²) in [6.07, 6.45) is 0. The largest absolute Gasteiger partial charge is 0.480 e. The van der Waals surface area contributed by atoms with Gasteiger partial charge in [0.2, 0.25) is 5.91 Å². The van der Waals surface area contributed by atoms with Crippen LogP contribution in [0.5, 0.6) is 0 Å². The highest BCUT2D eigenvalue weighted by molar-refractivity contribution is 7.99. The van der Waals surface area contributed by atoms with Gasteiger partial charge < -0.3 is 21.3 Å². The molecule has 11 nitrogen and oxygen atoms in total. The monoisotopic (exact) mass is 398 g/mol. The first-order chi connectivity index (χ1) is 11.2. The lowest BCUT2D eigenvalue weighted by Gasteiger charge is -2.27. The van der Waals surface area contributed by atoms with Gasteiger partial charge in [-0.05, 0) is 27.7 Å². The van der Waals surface area contributed by atoms with Crippen molar-refractivity contribution in [3.8, 4) is 0 Å². The fraction of sp³-hybridized carbons (Fsp3) is 0.750. The Morgan fingerprint density at radius 1 is 0.960 bits per heavy atom. The fourth-order valence-electron chi connectivity index (χ4n) is 1.34. The highest BCUT2D eigenvalue weighted by atomic mass is 32.2. The number of carbonyl (C=O) groups excluding carboxylic acids is 1. The molecule has 25 heavy (non-hydrogen) atoms. The van der Waals surface area contributed by atoms with E-state index >= 15 is 0 Å². The molecule has 0 unspecified atom stereocenters. The summed E-state index contributed by atoms with van der Waals surface area (Å²) in [6.45, 7) is 7.36. The normalized spacial score (nSPS) is 13.5.